The van der Waals surface area contributed by atoms with Crippen LogP contribution < -0.4 is 5.32 Å². The van der Waals surface area contributed by atoms with Gasteiger partial charge in [-0.2, -0.15) is 0 Å². The lowest BCUT2D eigenvalue weighted by Crippen LogP contribution is -2.12. The summed E-state index contributed by atoms with van der Waals surface area (Å²) in [5, 5.41) is 2.57. The lowest BCUT2D eigenvalue weighted by molar-refractivity contribution is 0.0990. The Bertz CT molecular complexity index is 754. The summed E-state index contributed by atoms with van der Waals surface area (Å²) in [5.74, 6) is -0.126. The van der Waals surface area contributed by atoms with E-state index in [2.05, 4.69) is 15.3 Å². The molecule has 6 heteroatoms. The fourth-order valence-electron chi connectivity index (χ4n) is 1.73. The smallest absolute Gasteiger partial charge is 0.312 e. The van der Waals surface area contributed by atoms with E-state index < -0.39 is 5.91 Å². The third-order valence-electron chi connectivity index (χ3n) is 2.74. The molecule has 1 aromatic carbocycles. The fraction of sp³-hybridized carbons (Fsp3) is 0. The summed E-state index contributed by atoms with van der Waals surface area (Å²) in [6.45, 7) is 0. The summed E-state index contributed by atoms with van der Waals surface area (Å²) in [7, 11) is 0. The zero-order valence-corrected chi connectivity index (χ0v) is 10.8. The molecule has 0 saturated heterocycles. The van der Waals surface area contributed by atoms with E-state index in [1.54, 1.807) is 36.5 Å². The van der Waals surface area contributed by atoms with Crippen LogP contribution in [0.2, 0.25) is 0 Å². The quantitative estimate of drug-likeness (QED) is 0.801. The molecule has 0 radical (unpaired) electrons. The van der Waals surface area contributed by atoms with Crippen LogP contribution in [-0.4, -0.2) is 15.9 Å². The van der Waals surface area contributed by atoms with Gasteiger partial charge >= 0.3 is 5.91 Å². The average Bonchev–Trinajstić information content (AvgIpc) is 2.99. The van der Waals surface area contributed by atoms with Crippen LogP contribution in [-0.2, 0) is 0 Å². The van der Waals surface area contributed by atoms with E-state index in [0.717, 1.165) is 0 Å². The molecule has 0 atom stereocenters. The van der Waals surface area contributed by atoms with Crippen molar-refractivity contribution >= 4 is 11.7 Å². The number of benzene rings is 1. The molecule has 3 aromatic rings. The highest BCUT2D eigenvalue weighted by Crippen LogP contribution is 2.20. The van der Waals surface area contributed by atoms with E-state index in [0.29, 0.717) is 17.1 Å². The van der Waals surface area contributed by atoms with Crippen molar-refractivity contribution in [2.45, 2.75) is 0 Å². The van der Waals surface area contributed by atoms with E-state index in [-0.39, 0.29) is 11.7 Å². The summed E-state index contributed by atoms with van der Waals surface area (Å²) in [6, 6.07) is 10.9. The second-order valence-corrected chi connectivity index (χ2v) is 4.21. The van der Waals surface area contributed by atoms with Crippen LogP contribution in [0, 0.1) is 5.82 Å². The van der Waals surface area contributed by atoms with E-state index in [9.17, 15) is 9.18 Å². The number of amides is 1. The molecule has 0 spiro atoms. The molecule has 104 valence electrons. The van der Waals surface area contributed by atoms with Gasteiger partial charge in [-0.3, -0.25) is 4.79 Å². The Morgan fingerprint density at radius 2 is 1.90 bits per heavy atom. The van der Waals surface area contributed by atoms with Crippen LogP contribution >= 0.6 is 0 Å². The summed E-state index contributed by atoms with van der Waals surface area (Å²) < 4.78 is 18.2. The number of carbonyl (C=O) groups excluding carboxylic acids is 1. The van der Waals surface area contributed by atoms with Gasteiger partial charge in [0.05, 0.1) is 6.20 Å². The molecule has 0 unspecified atom stereocenters. The molecule has 2 aromatic heterocycles. The highest BCUT2D eigenvalue weighted by Gasteiger charge is 2.14. The SMILES string of the molecule is O=C(Nc1ccccn1)c1ncc(-c2ccc(F)cc2)o1. The highest BCUT2D eigenvalue weighted by molar-refractivity contribution is 6.00. The second kappa shape index (κ2) is 5.54. The maximum absolute atomic E-state index is 12.9. The number of nitrogens with one attached hydrogen (secondary N) is 1. The van der Waals surface area contributed by atoms with E-state index in [1.165, 1.54) is 18.3 Å². The fourth-order valence-corrected chi connectivity index (χ4v) is 1.73. The number of aromatic nitrogens is 2. The van der Waals surface area contributed by atoms with Crippen molar-refractivity contribution in [2.75, 3.05) is 5.32 Å². The van der Waals surface area contributed by atoms with Crippen molar-refractivity contribution in [1.29, 1.82) is 0 Å². The van der Waals surface area contributed by atoms with Gasteiger partial charge in [-0.1, -0.05) is 6.07 Å². The molecule has 1 N–H and O–H groups in total. The van der Waals surface area contributed by atoms with Gasteiger partial charge < -0.3 is 9.73 Å². The number of hydrogen-bond donors (Lipinski definition) is 1. The molecule has 0 aliphatic carbocycles. The first-order chi connectivity index (χ1) is 10.2. The monoisotopic (exact) mass is 283 g/mol. The molecule has 0 aliphatic rings. The molecule has 5 nitrogen and oxygen atoms in total. The molecule has 1 amide bonds. The predicted molar refractivity (Wildman–Crippen MR) is 74.1 cm³/mol. The minimum absolute atomic E-state index is 0.0834. The maximum atomic E-state index is 12.9. The van der Waals surface area contributed by atoms with Crippen LogP contribution in [0.1, 0.15) is 10.7 Å². The number of pyridine rings is 1. The van der Waals surface area contributed by atoms with Crippen molar-refractivity contribution < 1.29 is 13.6 Å². The second-order valence-electron chi connectivity index (χ2n) is 4.21. The molecule has 21 heavy (non-hydrogen) atoms. The standard InChI is InChI=1S/C15H10FN3O2/c16-11-6-4-10(5-7-11)12-9-18-15(21-12)14(20)19-13-3-1-2-8-17-13/h1-9H,(H,17,19,20). The van der Waals surface area contributed by atoms with Crippen molar-refractivity contribution in [3.63, 3.8) is 0 Å². The Hall–Kier alpha value is -3.02. The van der Waals surface area contributed by atoms with Gasteiger partial charge in [0.15, 0.2) is 5.76 Å². The minimum atomic E-state index is -0.498. The number of oxazole rings is 1. The summed E-state index contributed by atoms with van der Waals surface area (Å²) in [4.78, 5) is 19.8. The van der Waals surface area contributed by atoms with Gasteiger partial charge in [-0.05, 0) is 36.4 Å². The molecule has 0 fully saturated rings. The van der Waals surface area contributed by atoms with E-state index in [1.807, 2.05) is 0 Å². The lowest BCUT2D eigenvalue weighted by Gasteiger charge is -2.00. The lowest BCUT2D eigenvalue weighted by atomic mass is 10.2. The Morgan fingerprint density at radius 3 is 2.62 bits per heavy atom. The van der Waals surface area contributed by atoms with Crippen molar-refractivity contribution in [1.82, 2.24) is 9.97 Å². The number of nitrogens with zero attached hydrogens (tertiary/aromatic N) is 2. The van der Waals surface area contributed by atoms with Gasteiger partial charge in [0, 0.05) is 11.8 Å². The number of hydrogen-bond acceptors (Lipinski definition) is 4. The van der Waals surface area contributed by atoms with Gasteiger partial charge in [0.1, 0.15) is 11.6 Å². The third-order valence-corrected chi connectivity index (χ3v) is 2.74. The zero-order valence-electron chi connectivity index (χ0n) is 10.8. The normalized spacial score (nSPS) is 10.3. The first kappa shape index (κ1) is 13.0. The van der Waals surface area contributed by atoms with Gasteiger partial charge in [0.25, 0.3) is 5.89 Å². The van der Waals surface area contributed by atoms with E-state index in [4.69, 9.17) is 4.42 Å². The topological polar surface area (TPSA) is 68.0 Å². The van der Waals surface area contributed by atoms with Gasteiger partial charge in [-0.25, -0.2) is 14.4 Å². The molecule has 0 saturated carbocycles. The summed E-state index contributed by atoms with van der Waals surface area (Å²) >= 11 is 0. The van der Waals surface area contributed by atoms with Crippen LogP contribution in [0.4, 0.5) is 10.2 Å². The summed E-state index contributed by atoms with van der Waals surface area (Å²) in [6.07, 6.45) is 2.98. The molecule has 0 aliphatic heterocycles. The Balaban J connectivity index is 1.78. The predicted octanol–water partition coefficient (Wildman–Crippen LogP) is 3.13. The van der Waals surface area contributed by atoms with Crippen molar-refractivity contribution in [3.8, 4) is 11.3 Å². The van der Waals surface area contributed by atoms with Crippen LogP contribution in [0.5, 0.6) is 0 Å². The summed E-state index contributed by atoms with van der Waals surface area (Å²) in [5.41, 5.74) is 0.640. The number of rotatable bonds is 3. The first-order valence-corrected chi connectivity index (χ1v) is 6.16. The van der Waals surface area contributed by atoms with E-state index >= 15 is 0 Å². The van der Waals surface area contributed by atoms with Crippen LogP contribution in [0.15, 0.2) is 59.3 Å². The van der Waals surface area contributed by atoms with Gasteiger partial charge in [0.2, 0.25) is 0 Å². The molecule has 2 heterocycles. The van der Waals surface area contributed by atoms with Crippen LogP contribution in [0.3, 0.4) is 0 Å². The van der Waals surface area contributed by atoms with Gasteiger partial charge in [-0.15, -0.1) is 0 Å². The average molecular weight is 283 g/mol. The van der Waals surface area contributed by atoms with Crippen molar-refractivity contribution in [3.05, 3.63) is 66.6 Å². The number of anilines is 1. The number of halogens is 1. The van der Waals surface area contributed by atoms with Crippen LogP contribution in [0.25, 0.3) is 11.3 Å². The molecule has 3 rings (SSSR count). The molecular weight excluding hydrogens is 273 g/mol. The molecule has 0 bridgehead atoms. The van der Waals surface area contributed by atoms with Crippen molar-refractivity contribution in [2.24, 2.45) is 0 Å². The zero-order chi connectivity index (χ0) is 14.7. The Labute approximate surface area is 119 Å². The third kappa shape index (κ3) is 2.94. The Kier molecular flexibility index (Phi) is 3.42. The largest absolute Gasteiger partial charge is 0.432 e. The highest BCUT2D eigenvalue weighted by atomic mass is 19.1. The Morgan fingerprint density at radius 1 is 1.10 bits per heavy atom. The molecular formula is C15H10FN3O2. The first-order valence-electron chi connectivity index (χ1n) is 6.16. The minimum Gasteiger partial charge on any atom is -0.432 e. The number of carbonyl (C=O) groups is 1. The maximum Gasteiger partial charge on any atom is 0.312 e.